The van der Waals surface area contributed by atoms with Gasteiger partial charge in [0.05, 0.1) is 6.04 Å². The molecule has 2 heterocycles. The highest BCUT2D eigenvalue weighted by molar-refractivity contribution is 7.10. The van der Waals surface area contributed by atoms with Crippen LogP contribution < -0.4 is 10.2 Å². The Morgan fingerprint density at radius 1 is 1.21 bits per heavy atom. The number of carbonyl (C=O) groups is 1. The second-order valence-corrected chi connectivity index (χ2v) is 7.34. The number of nitrogens with one attached hydrogen (secondary N) is 1. The minimum atomic E-state index is -0.00908. The summed E-state index contributed by atoms with van der Waals surface area (Å²) in [5.74, 6) is 0.424. The summed E-state index contributed by atoms with van der Waals surface area (Å²) in [7, 11) is 3.99. The van der Waals surface area contributed by atoms with E-state index in [0.717, 1.165) is 31.7 Å². The fourth-order valence-corrected chi connectivity index (χ4v) is 3.94. The highest BCUT2D eigenvalue weighted by atomic mass is 32.1. The quantitative estimate of drug-likeness (QED) is 0.899. The number of hydrogen-bond donors (Lipinski definition) is 1. The Morgan fingerprint density at radius 3 is 2.50 bits per heavy atom. The Morgan fingerprint density at radius 2 is 1.92 bits per heavy atom. The van der Waals surface area contributed by atoms with Gasteiger partial charge in [0.1, 0.15) is 0 Å². The third-order valence-corrected chi connectivity index (χ3v) is 5.47. The van der Waals surface area contributed by atoms with Gasteiger partial charge in [-0.1, -0.05) is 6.07 Å². The summed E-state index contributed by atoms with van der Waals surface area (Å²) in [5, 5.41) is 5.33. The molecule has 1 atom stereocenters. The van der Waals surface area contributed by atoms with E-state index in [1.165, 1.54) is 4.88 Å². The number of carbonyl (C=O) groups excluding carboxylic acids is 1. The van der Waals surface area contributed by atoms with E-state index in [0.29, 0.717) is 11.5 Å². The Bertz CT molecular complexity index is 647. The van der Waals surface area contributed by atoms with Crippen LogP contribution in [0.25, 0.3) is 0 Å². The molecule has 4 nitrogen and oxygen atoms in total. The molecule has 5 heteroatoms. The molecule has 0 spiro atoms. The van der Waals surface area contributed by atoms with E-state index in [4.69, 9.17) is 4.74 Å². The lowest BCUT2D eigenvalue weighted by Crippen LogP contribution is -2.35. The van der Waals surface area contributed by atoms with E-state index < -0.39 is 0 Å². The van der Waals surface area contributed by atoms with Crippen LogP contribution >= 0.6 is 11.3 Å². The Balaban J connectivity index is 1.75. The summed E-state index contributed by atoms with van der Waals surface area (Å²) < 4.78 is 5.48. The molecule has 1 saturated heterocycles. The first-order valence-corrected chi connectivity index (χ1v) is 9.22. The van der Waals surface area contributed by atoms with Crippen molar-refractivity contribution in [1.29, 1.82) is 0 Å². The topological polar surface area (TPSA) is 41.6 Å². The smallest absolute Gasteiger partial charge is 0.251 e. The van der Waals surface area contributed by atoms with E-state index in [2.05, 4.69) is 16.8 Å². The molecule has 1 aliphatic heterocycles. The lowest BCUT2D eigenvalue weighted by atomic mass is 9.90. The molecule has 0 radical (unpaired) electrons. The first kappa shape index (κ1) is 17.0. The minimum absolute atomic E-state index is 0.00908. The van der Waals surface area contributed by atoms with Crippen molar-refractivity contribution < 1.29 is 9.53 Å². The standard InChI is InChI=1S/C19H24N2O2S/c1-21(2)16-7-5-15(6-8-16)19(22)20-18(17-4-3-13-24-17)14-9-11-23-12-10-14/h3-8,13-14,18H,9-12H2,1-2H3,(H,20,22)/t18-/m1/s1. The van der Waals surface area contributed by atoms with E-state index in [1.807, 2.05) is 49.3 Å². The number of ether oxygens (including phenoxy) is 1. The van der Waals surface area contributed by atoms with Crippen LogP contribution in [0.15, 0.2) is 41.8 Å². The van der Waals surface area contributed by atoms with Gasteiger partial charge in [0.15, 0.2) is 0 Å². The molecule has 24 heavy (non-hydrogen) atoms. The highest BCUT2D eigenvalue weighted by Crippen LogP contribution is 2.32. The molecule has 1 amide bonds. The number of nitrogens with zero attached hydrogens (tertiary/aromatic N) is 1. The normalized spacial score (nSPS) is 16.6. The van der Waals surface area contributed by atoms with Crippen molar-refractivity contribution >= 4 is 22.9 Å². The van der Waals surface area contributed by atoms with E-state index in [1.54, 1.807) is 11.3 Å². The molecule has 1 aromatic heterocycles. The van der Waals surface area contributed by atoms with Gasteiger partial charge in [-0.05, 0) is 54.5 Å². The zero-order valence-corrected chi connectivity index (χ0v) is 15.0. The first-order chi connectivity index (χ1) is 11.6. The molecule has 3 rings (SSSR count). The van der Waals surface area contributed by atoms with Crippen molar-refractivity contribution in [3.63, 3.8) is 0 Å². The second kappa shape index (κ2) is 7.81. The lowest BCUT2D eigenvalue weighted by molar-refractivity contribution is 0.0518. The van der Waals surface area contributed by atoms with Crippen LogP contribution in [0.2, 0.25) is 0 Å². The van der Waals surface area contributed by atoms with Crippen LogP contribution in [0.3, 0.4) is 0 Å². The van der Waals surface area contributed by atoms with Crippen LogP contribution in [0, 0.1) is 5.92 Å². The van der Waals surface area contributed by atoms with E-state index in [9.17, 15) is 4.79 Å². The zero-order valence-electron chi connectivity index (χ0n) is 14.2. The molecule has 1 aliphatic rings. The van der Waals surface area contributed by atoms with Crippen molar-refractivity contribution in [2.24, 2.45) is 5.92 Å². The number of hydrogen-bond acceptors (Lipinski definition) is 4. The van der Waals surface area contributed by atoms with Gasteiger partial charge in [-0.2, -0.15) is 0 Å². The number of rotatable bonds is 5. The van der Waals surface area contributed by atoms with Crippen LogP contribution in [0.1, 0.15) is 34.1 Å². The van der Waals surface area contributed by atoms with Crippen LogP contribution in [0.4, 0.5) is 5.69 Å². The Hall–Kier alpha value is -1.85. The maximum atomic E-state index is 12.7. The molecule has 2 aromatic rings. The summed E-state index contributed by atoms with van der Waals surface area (Å²) in [6.45, 7) is 1.56. The number of benzene rings is 1. The van der Waals surface area contributed by atoms with E-state index in [-0.39, 0.29) is 11.9 Å². The van der Waals surface area contributed by atoms with Gasteiger partial charge in [0.2, 0.25) is 0 Å². The lowest BCUT2D eigenvalue weighted by Gasteiger charge is -2.30. The molecule has 0 saturated carbocycles. The first-order valence-electron chi connectivity index (χ1n) is 8.34. The summed E-state index contributed by atoms with van der Waals surface area (Å²) in [6.07, 6.45) is 1.98. The number of thiophene rings is 1. The van der Waals surface area contributed by atoms with Gasteiger partial charge in [-0.3, -0.25) is 4.79 Å². The van der Waals surface area contributed by atoms with Crippen LogP contribution in [-0.2, 0) is 4.74 Å². The van der Waals surface area contributed by atoms with Gasteiger partial charge >= 0.3 is 0 Å². The van der Waals surface area contributed by atoms with Crippen molar-refractivity contribution in [2.75, 3.05) is 32.2 Å². The van der Waals surface area contributed by atoms with Crippen LogP contribution in [-0.4, -0.2) is 33.2 Å². The van der Waals surface area contributed by atoms with Gasteiger partial charge in [0, 0.05) is 43.4 Å². The van der Waals surface area contributed by atoms with Gasteiger partial charge in [-0.15, -0.1) is 11.3 Å². The van der Waals surface area contributed by atoms with Crippen LogP contribution in [0.5, 0.6) is 0 Å². The highest BCUT2D eigenvalue weighted by Gasteiger charge is 2.27. The average molecular weight is 344 g/mol. The van der Waals surface area contributed by atoms with Crippen molar-refractivity contribution in [3.8, 4) is 0 Å². The fourth-order valence-electron chi connectivity index (χ4n) is 3.07. The maximum absolute atomic E-state index is 12.7. The van der Waals surface area contributed by atoms with Gasteiger partial charge in [0.25, 0.3) is 5.91 Å². The fraction of sp³-hybridized carbons (Fsp3) is 0.421. The van der Waals surface area contributed by atoms with Gasteiger partial charge in [-0.25, -0.2) is 0 Å². The summed E-state index contributed by atoms with van der Waals surface area (Å²) >= 11 is 1.71. The van der Waals surface area contributed by atoms with E-state index >= 15 is 0 Å². The molecule has 0 unspecified atom stereocenters. The monoisotopic (exact) mass is 344 g/mol. The average Bonchev–Trinajstić information content (AvgIpc) is 3.14. The molecule has 1 N–H and O–H groups in total. The molecule has 1 fully saturated rings. The Kier molecular flexibility index (Phi) is 5.53. The Labute approximate surface area is 147 Å². The molecule has 0 aliphatic carbocycles. The summed E-state index contributed by atoms with van der Waals surface area (Å²) in [5.41, 5.74) is 1.79. The second-order valence-electron chi connectivity index (χ2n) is 6.36. The third kappa shape index (κ3) is 3.97. The SMILES string of the molecule is CN(C)c1ccc(C(=O)N[C@@H](c2cccs2)C2CCOCC2)cc1. The molecule has 128 valence electrons. The van der Waals surface area contributed by atoms with Crippen molar-refractivity contribution in [1.82, 2.24) is 5.32 Å². The molecular weight excluding hydrogens is 320 g/mol. The summed E-state index contributed by atoms with van der Waals surface area (Å²) in [6, 6.07) is 12.0. The predicted octanol–water partition coefficient (Wildman–Crippen LogP) is 3.71. The maximum Gasteiger partial charge on any atom is 0.251 e. The number of amides is 1. The molecular formula is C19H24N2O2S. The number of anilines is 1. The zero-order chi connectivity index (χ0) is 16.9. The van der Waals surface area contributed by atoms with Crippen molar-refractivity contribution in [2.45, 2.75) is 18.9 Å². The van der Waals surface area contributed by atoms with Crippen molar-refractivity contribution in [3.05, 3.63) is 52.2 Å². The largest absolute Gasteiger partial charge is 0.381 e. The predicted molar refractivity (Wildman–Crippen MR) is 98.8 cm³/mol. The minimum Gasteiger partial charge on any atom is -0.381 e. The molecule has 0 bridgehead atoms. The summed E-state index contributed by atoms with van der Waals surface area (Å²) in [4.78, 5) is 16.0. The third-order valence-electron chi connectivity index (χ3n) is 4.52. The molecule has 1 aromatic carbocycles. The van der Waals surface area contributed by atoms with Gasteiger partial charge < -0.3 is 15.0 Å².